The number of benzene rings is 2. The molecule has 0 fully saturated rings. The van der Waals surface area contributed by atoms with Crippen molar-refractivity contribution in [2.24, 2.45) is 0 Å². The van der Waals surface area contributed by atoms with Gasteiger partial charge in [0.15, 0.2) is 5.43 Å². The molecule has 3 rings (SSSR count). The van der Waals surface area contributed by atoms with E-state index in [2.05, 4.69) is 10.2 Å². The van der Waals surface area contributed by atoms with Gasteiger partial charge in [0.05, 0.1) is 5.39 Å². The molecule has 6 heteroatoms. The molecule has 26 heavy (non-hydrogen) atoms. The van der Waals surface area contributed by atoms with Gasteiger partial charge in [0.1, 0.15) is 0 Å². The third-order valence-electron chi connectivity index (χ3n) is 4.28. The largest absolute Gasteiger partial charge is 0.383 e. The van der Waals surface area contributed by atoms with Crippen molar-refractivity contribution in [3.05, 3.63) is 52.2 Å². The van der Waals surface area contributed by atoms with Crippen LogP contribution in [0.15, 0.2) is 41.2 Å². The number of nitrogens with one attached hydrogen (secondary N) is 1. The van der Waals surface area contributed by atoms with Gasteiger partial charge in [-0.25, -0.2) is 0 Å². The van der Waals surface area contributed by atoms with Gasteiger partial charge in [-0.1, -0.05) is 18.2 Å². The molecule has 1 heterocycles. The molecule has 1 amide bonds. The summed E-state index contributed by atoms with van der Waals surface area (Å²) in [6, 6.07) is 11.6. The van der Waals surface area contributed by atoms with Crippen LogP contribution in [0.25, 0.3) is 20.2 Å². The summed E-state index contributed by atoms with van der Waals surface area (Å²) in [5.74, 6) is 0. The van der Waals surface area contributed by atoms with E-state index in [1.54, 1.807) is 23.3 Å². The highest BCUT2D eigenvalue weighted by Gasteiger charge is 2.14. The highest BCUT2D eigenvalue weighted by molar-refractivity contribution is 7.24. The molecular formula is C20H23N3O2S. The van der Waals surface area contributed by atoms with Gasteiger partial charge in [-0.05, 0) is 37.9 Å². The Bertz CT molecular complexity index is 997. The predicted molar refractivity (Wildman–Crippen MR) is 110 cm³/mol. The third-order valence-corrected chi connectivity index (χ3v) is 5.53. The Kier molecular flexibility index (Phi) is 5.54. The SMILES string of the molecule is CN(C)CCNc1ccc(CN(C)C=O)c2sc3ccccc3c(=O)c12. The molecule has 0 aliphatic heterocycles. The fourth-order valence-electron chi connectivity index (χ4n) is 2.95. The Morgan fingerprint density at radius 2 is 1.88 bits per heavy atom. The Morgan fingerprint density at radius 3 is 2.62 bits per heavy atom. The fraction of sp³-hybridized carbons (Fsp3) is 0.300. The van der Waals surface area contributed by atoms with Crippen LogP contribution in [-0.4, -0.2) is 50.4 Å². The van der Waals surface area contributed by atoms with Crippen LogP contribution in [0.3, 0.4) is 0 Å². The zero-order valence-corrected chi connectivity index (χ0v) is 16.1. The summed E-state index contributed by atoms with van der Waals surface area (Å²) < 4.78 is 1.91. The number of carbonyl (C=O) groups is 1. The Labute approximate surface area is 156 Å². The van der Waals surface area contributed by atoms with Gasteiger partial charge in [0.2, 0.25) is 6.41 Å². The van der Waals surface area contributed by atoms with E-state index >= 15 is 0 Å². The van der Waals surface area contributed by atoms with Crippen LogP contribution in [0.2, 0.25) is 0 Å². The van der Waals surface area contributed by atoms with E-state index in [-0.39, 0.29) is 5.43 Å². The van der Waals surface area contributed by atoms with Gasteiger partial charge in [-0.2, -0.15) is 0 Å². The lowest BCUT2D eigenvalue weighted by Crippen LogP contribution is -2.21. The lowest BCUT2D eigenvalue weighted by atomic mass is 10.1. The molecule has 0 aliphatic carbocycles. The highest BCUT2D eigenvalue weighted by atomic mass is 32.1. The number of rotatable bonds is 7. The standard InChI is InChI=1S/C20H23N3O2S/c1-22(2)11-10-21-16-9-8-14(12-23(3)13-24)20-18(16)19(25)15-6-4-5-7-17(15)26-20/h4-9,13,21H,10-12H2,1-3H3. The van der Waals surface area contributed by atoms with E-state index in [0.29, 0.717) is 11.9 Å². The minimum Gasteiger partial charge on any atom is -0.383 e. The van der Waals surface area contributed by atoms with E-state index in [4.69, 9.17) is 0 Å². The predicted octanol–water partition coefficient (Wildman–Crippen LogP) is 2.98. The second kappa shape index (κ2) is 7.85. The van der Waals surface area contributed by atoms with Gasteiger partial charge in [0, 0.05) is 47.2 Å². The maximum absolute atomic E-state index is 13.2. The molecule has 2 aromatic carbocycles. The van der Waals surface area contributed by atoms with E-state index in [1.165, 1.54) is 0 Å². The number of hydrogen-bond donors (Lipinski definition) is 1. The molecule has 0 atom stereocenters. The first-order chi connectivity index (χ1) is 12.5. The summed E-state index contributed by atoms with van der Waals surface area (Å²) >= 11 is 1.61. The Hall–Kier alpha value is -2.44. The van der Waals surface area contributed by atoms with Crippen molar-refractivity contribution in [3.63, 3.8) is 0 Å². The quantitative estimate of drug-likeness (QED) is 0.514. The average molecular weight is 369 g/mol. The van der Waals surface area contributed by atoms with Crippen molar-refractivity contribution in [1.82, 2.24) is 9.80 Å². The Morgan fingerprint density at radius 1 is 1.12 bits per heavy atom. The summed E-state index contributed by atoms with van der Waals surface area (Å²) in [4.78, 5) is 27.9. The second-order valence-electron chi connectivity index (χ2n) is 6.65. The minimum atomic E-state index is 0.0392. The molecular weight excluding hydrogens is 346 g/mol. The zero-order chi connectivity index (χ0) is 18.7. The summed E-state index contributed by atoms with van der Waals surface area (Å²) in [5, 5.41) is 4.85. The third kappa shape index (κ3) is 3.71. The fourth-order valence-corrected chi connectivity index (χ4v) is 4.15. The highest BCUT2D eigenvalue weighted by Crippen LogP contribution is 2.32. The van der Waals surface area contributed by atoms with Gasteiger partial charge >= 0.3 is 0 Å². The monoisotopic (exact) mass is 369 g/mol. The normalized spacial score (nSPS) is 11.2. The molecule has 136 valence electrons. The van der Waals surface area contributed by atoms with Crippen LogP contribution < -0.4 is 10.7 Å². The van der Waals surface area contributed by atoms with Gasteiger partial charge in [-0.3, -0.25) is 9.59 Å². The minimum absolute atomic E-state index is 0.0392. The summed E-state index contributed by atoms with van der Waals surface area (Å²) in [7, 11) is 5.78. The van der Waals surface area contributed by atoms with E-state index in [0.717, 1.165) is 45.5 Å². The Balaban J connectivity index is 2.19. The number of likely N-dealkylation sites (N-methyl/N-ethyl adjacent to an activating group) is 1. The van der Waals surface area contributed by atoms with E-state index in [9.17, 15) is 9.59 Å². The van der Waals surface area contributed by atoms with Gasteiger partial charge < -0.3 is 15.1 Å². The topological polar surface area (TPSA) is 52.6 Å². The number of hydrogen-bond acceptors (Lipinski definition) is 5. The van der Waals surface area contributed by atoms with Gasteiger partial charge in [0.25, 0.3) is 0 Å². The average Bonchev–Trinajstić information content (AvgIpc) is 2.63. The maximum atomic E-state index is 13.2. The van der Waals surface area contributed by atoms with Crippen molar-refractivity contribution < 1.29 is 4.79 Å². The van der Waals surface area contributed by atoms with Crippen molar-refractivity contribution in [2.75, 3.05) is 39.5 Å². The van der Waals surface area contributed by atoms with Crippen LogP contribution in [-0.2, 0) is 11.3 Å². The lowest BCUT2D eigenvalue weighted by molar-refractivity contribution is -0.117. The number of nitrogens with zero attached hydrogens (tertiary/aromatic N) is 2. The molecule has 0 spiro atoms. The van der Waals surface area contributed by atoms with Crippen LogP contribution in [0.4, 0.5) is 5.69 Å². The van der Waals surface area contributed by atoms with Crippen molar-refractivity contribution in [3.8, 4) is 0 Å². The molecule has 1 aromatic heterocycles. The van der Waals surface area contributed by atoms with E-state index < -0.39 is 0 Å². The summed E-state index contributed by atoms with van der Waals surface area (Å²) in [5.41, 5.74) is 1.88. The molecule has 5 nitrogen and oxygen atoms in total. The number of anilines is 1. The van der Waals surface area contributed by atoms with E-state index in [1.807, 2.05) is 50.5 Å². The molecule has 0 saturated carbocycles. The number of carbonyl (C=O) groups excluding carboxylic acids is 1. The number of fused-ring (bicyclic) bond motifs is 2. The van der Waals surface area contributed by atoms with Crippen molar-refractivity contribution in [2.45, 2.75) is 6.54 Å². The molecule has 0 saturated heterocycles. The van der Waals surface area contributed by atoms with Crippen LogP contribution in [0, 0.1) is 0 Å². The first kappa shape index (κ1) is 18.4. The first-order valence-electron chi connectivity index (χ1n) is 8.53. The zero-order valence-electron chi connectivity index (χ0n) is 15.3. The second-order valence-corrected chi connectivity index (χ2v) is 7.71. The van der Waals surface area contributed by atoms with Gasteiger partial charge in [-0.15, -0.1) is 11.3 Å². The smallest absolute Gasteiger partial charge is 0.209 e. The van der Waals surface area contributed by atoms with Crippen LogP contribution in [0.5, 0.6) is 0 Å². The molecule has 3 aromatic rings. The van der Waals surface area contributed by atoms with Crippen LogP contribution >= 0.6 is 11.3 Å². The summed E-state index contributed by atoms with van der Waals surface area (Å²) in [6.45, 7) is 2.11. The summed E-state index contributed by atoms with van der Waals surface area (Å²) in [6.07, 6.45) is 0.804. The number of amides is 1. The molecule has 1 N–H and O–H groups in total. The molecule has 0 bridgehead atoms. The molecule has 0 unspecified atom stereocenters. The van der Waals surface area contributed by atoms with Crippen molar-refractivity contribution in [1.29, 1.82) is 0 Å². The molecule has 0 aliphatic rings. The van der Waals surface area contributed by atoms with Crippen LogP contribution in [0.1, 0.15) is 5.56 Å². The molecule has 0 radical (unpaired) electrons. The van der Waals surface area contributed by atoms with Crippen molar-refractivity contribution >= 4 is 43.6 Å². The lowest BCUT2D eigenvalue weighted by Gasteiger charge is -2.17. The maximum Gasteiger partial charge on any atom is 0.209 e. The first-order valence-corrected chi connectivity index (χ1v) is 9.34.